The molecular weight excluding hydrogens is 773 g/mol. The molecule has 0 bridgehead atoms. The molecule has 0 saturated heterocycles. The lowest BCUT2D eigenvalue weighted by Gasteiger charge is -2.26. The molecule has 0 saturated carbocycles. The zero-order valence-electron chi connectivity index (χ0n) is 39.5. The van der Waals surface area contributed by atoms with Crippen LogP contribution in [0.2, 0.25) is 0 Å². The summed E-state index contributed by atoms with van der Waals surface area (Å²) in [6.07, 6.45) is 18.0. The molecule has 0 rings (SSSR count). The summed E-state index contributed by atoms with van der Waals surface area (Å²) >= 11 is 0. The lowest BCUT2D eigenvalue weighted by molar-refractivity contribution is -0.149. The molecule has 0 aliphatic heterocycles. The fourth-order valence-electron chi connectivity index (χ4n) is 6.73. The average molecular weight is 871 g/mol. The number of nitrogens with one attached hydrogen (secondary N) is 12. The van der Waals surface area contributed by atoms with E-state index in [4.69, 9.17) is 0 Å². The molecule has 16 heteroatoms. The van der Waals surface area contributed by atoms with Crippen LogP contribution in [0, 0.1) is 0 Å². The average Bonchev–Trinajstić information content (AvgIpc) is 3.24. The van der Waals surface area contributed by atoms with Crippen molar-refractivity contribution in [3.05, 3.63) is 0 Å². The minimum Gasteiger partial charge on any atom is -0.379 e. The van der Waals surface area contributed by atoms with Gasteiger partial charge in [-0.25, -0.2) is 0 Å². The zero-order valence-corrected chi connectivity index (χ0v) is 39.5. The van der Waals surface area contributed by atoms with Gasteiger partial charge in [0.2, 0.25) is 11.8 Å². The van der Waals surface area contributed by atoms with Gasteiger partial charge in [0.25, 0.3) is 5.91 Å². The van der Waals surface area contributed by atoms with E-state index in [1.807, 2.05) is 21.1 Å². The van der Waals surface area contributed by atoms with Crippen molar-refractivity contribution in [1.82, 2.24) is 63.8 Å². The van der Waals surface area contributed by atoms with Crippen LogP contribution in [-0.2, 0) is 14.4 Å². The summed E-state index contributed by atoms with van der Waals surface area (Å²) in [6, 6.07) is 0. The van der Waals surface area contributed by atoms with Crippen molar-refractivity contribution in [1.29, 1.82) is 0 Å². The van der Waals surface area contributed by atoms with Crippen LogP contribution in [-0.4, -0.2) is 167 Å². The fraction of sp³-hybridized carbons (Fsp3) is 0.933. The van der Waals surface area contributed by atoms with Crippen molar-refractivity contribution < 1.29 is 19.5 Å². The maximum atomic E-state index is 13.3. The van der Waals surface area contributed by atoms with Crippen LogP contribution in [0.15, 0.2) is 0 Å². The second-order valence-corrected chi connectivity index (χ2v) is 16.5. The van der Waals surface area contributed by atoms with Gasteiger partial charge in [-0.2, -0.15) is 0 Å². The molecule has 0 fully saturated rings. The van der Waals surface area contributed by atoms with Gasteiger partial charge in [0.05, 0.1) is 12.8 Å². The summed E-state index contributed by atoms with van der Waals surface area (Å²) in [6.45, 7) is 16.3. The number of unbranched alkanes of at least 4 members (excludes halogenated alkanes) is 9. The van der Waals surface area contributed by atoms with Gasteiger partial charge in [-0.05, 0) is 235 Å². The Morgan fingerprint density at radius 2 is 0.508 bits per heavy atom. The molecular formula is C45H98N12O4. The maximum absolute atomic E-state index is 13.3. The first-order chi connectivity index (χ1) is 29.9. The van der Waals surface area contributed by atoms with Crippen molar-refractivity contribution in [2.24, 2.45) is 0 Å². The van der Waals surface area contributed by atoms with E-state index < -0.39 is 36.2 Å². The van der Waals surface area contributed by atoms with Gasteiger partial charge in [0.1, 0.15) is 0 Å². The molecule has 16 nitrogen and oxygen atoms in total. The van der Waals surface area contributed by atoms with Gasteiger partial charge >= 0.3 is 0 Å². The fourth-order valence-corrected chi connectivity index (χ4v) is 6.73. The number of hydrogen-bond donors (Lipinski definition) is 13. The van der Waals surface area contributed by atoms with Gasteiger partial charge in [0, 0.05) is 19.6 Å². The highest BCUT2D eigenvalue weighted by atomic mass is 16.3. The van der Waals surface area contributed by atoms with Crippen molar-refractivity contribution >= 4 is 17.7 Å². The molecule has 0 aliphatic rings. The Hall–Kier alpha value is -1.99. The van der Waals surface area contributed by atoms with Crippen molar-refractivity contribution in [2.45, 2.75) is 134 Å². The number of hydrogen-bond acceptors (Lipinski definition) is 13. The van der Waals surface area contributed by atoms with Crippen LogP contribution in [0.3, 0.4) is 0 Å². The van der Waals surface area contributed by atoms with Crippen LogP contribution < -0.4 is 63.8 Å². The van der Waals surface area contributed by atoms with Gasteiger partial charge in [-0.15, -0.1) is 0 Å². The molecule has 0 aromatic rings. The molecule has 0 radical (unpaired) electrons. The highest BCUT2D eigenvalue weighted by Crippen LogP contribution is 2.17. The minimum atomic E-state index is -2.13. The Morgan fingerprint density at radius 3 is 0.738 bits per heavy atom. The number of carbonyl (C=O) groups excluding carboxylic acids is 3. The van der Waals surface area contributed by atoms with E-state index >= 15 is 0 Å². The van der Waals surface area contributed by atoms with E-state index in [1.54, 1.807) is 0 Å². The Labute approximate surface area is 373 Å². The lowest BCUT2D eigenvalue weighted by atomic mass is 9.93. The molecule has 61 heavy (non-hydrogen) atoms. The van der Waals surface area contributed by atoms with Crippen LogP contribution >= 0.6 is 0 Å². The number of carbonyl (C=O) groups is 3. The first kappa shape index (κ1) is 59.0. The quantitative estimate of drug-likeness (QED) is 0.0386. The van der Waals surface area contributed by atoms with Crippen molar-refractivity contribution in [3.63, 3.8) is 0 Å². The highest BCUT2D eigenvalue weighted by molar-refractivity contribution is 5.95. The smallest absolute Gasteiger partial charge is 0.253 e. The summed E-state index contributed by atoms with van der Waals surface area (Å²) in [4.78, 5) is 39.3. The summed E-state index contributed by atoms with van der Waals surface area (Å²) in [5, 5.41) is 50.4. The molecule has 13 N–H and O–H groups in total. The van der Waals surface area contributed by atoms with E-state index in [1.165, 1.54) is 38.5 Å². The third-order valence-corrected chi connectivity index (χ3v) is 10.6. The standard InChI is InChI=1S/C45H98N12O4/c1-46-22-4-7-25-49-28-10-13-31-52-34-16-19-37-55-42(58)40-45(61,44(60)57-39-21-18-36-54-33-15-12-30-51-27-9-6-24-48-3)41-43(59)56-38-20-17-35-53-32-14-11-29-50-26-8-5-23-47-2/h46-54,61H,4-41H2,1-3H3,(H,55,58)(H,56,59)(H,57,60). The summed E-state index contributed by atoms with van der Waals surface area (Å²) in [5.41, 5.74) is -2.13. The topological polar surface area (TPSA) is 216 Å². The van der Waals surface area contributed by atoms with E-state index in [9.17, 15) is 19.5 Å². The van der Waals surface area contributed by atoms with E-state index in [-0.39, 0.29) is 0 Å². The Kier molecular flexibility index (Phi) is 45.9. The maximum Gasteiger partial charge on any atom is 0.253 e. The second kappa shape index (κ2) is 47.5. The Morgan fingerprint density at radius 1 is 0.311 bits per heavy atom. The Bertz CT molecular complexity index is 921. The predicted molar refractivity (Wildman–Crippen MR) is 255 cm³/mol. The molecule has 0 unspecified atom stereocenters. The SMILES string of the molecule is CNCCCCNCCCCNCCCCNC(=O)CC(O)(CC(=O)NCCCCNCCCCNCCCCNC)C(=O)NCCCCNCCCCNCCCCNC. The number of aliphatic hydroxyl groups is 1. The van der Waals surface area contributed by atoms with Crippen LogP contribution in [0.5, 0.6) is 0 Å². The highest BCUT2D eigenvalue weighted by Gasteiger charge is 2.40. The van der Waals surface area contributed by atoms with Gasteiger partial charge in [-0.3, -0.25) is 14.4 Å². The summed E-state index contributed by atoms with van der Waals surface area (Å²) in [7, 11) is 5.96. The second-order valence-electron chi connectivity index (χ2n) is 16.5. The summed E-state index contributed by atoms with van der Waals surface area (Å²) in [5.74, 6) is -1.54. The summed E-state index contributed by atoms with van der Waals surface area (Å²) < 4.78 is 0. The first-order valence-electron chi connectivity index (χ1n) is 24.6. The zero-order chi connectivity index (χ0) is 44.6. The monoisotopic (exact) mass is 871 g/mol. The van der Waals surface area contributed by atoms with E-state index in [2.05, 4.69) is 63.8 Å². The molecule has 0 heterocycles. The molecule has 362 valence electrons. The van der Waals surface area contributed by atoms with Gasteiger partial charge < -0.3 is 68.9 Å². The van der Waals surface area contributed by atoms with E-state index in [0.717, 1.165) is 175 Å². The number of rotatable bonds is 50. The minimum absolute atomic E-state index is 0.366. The third-order valence-electron chi connectivity index (χ3n) is 10.6. The van der Waals surface area contributed by atoms with Crippen LogP contribution in [0.25, 0.3) is 0 Å². The number of amides is 3. The van der Waals surface area contributed by atoms with Gasteiger partial charge in [-0.1, -0.05) is 0 Å². The largest absolute Gasteiger partial charge is 0.379 e. The molecule has 3 amide bonds. The lowest BCUT2D eigenvalue weighted by Crippen LogP contribution is -2.52. The normalized spacial score (nSPS) is 11.6. The Balaban J connectivity index is 4.46. The molecule has 0 spiro atoms. The molecule has 0 aliphatic carbocycles. The van der Waals surface area contributed by atoms with Gasteiger partial charge in [0.15, 0.2) is 5.60 Å². The molecule has 0 atom stereocenters. The first-order valence-corrected chi connectivity index (χ1v) is 24.6. The molecule has 0 aromatic heterocycles. The molecule has 0 aromatic carbocycles. The van der Waals surface area contributed by atoms with Crippen molar-refractivity contribution in [2.75, 3.05) is 139 Å². The van der Waals surface area contributed by atoms with E-state index in [0.29, 0.717) is 19.6 Å². The predicted octanol–water partition coefficient (Wildman–Crippen LogP) is 1.06. The third kappa shape index (κ3) is 43.1. The van der Waals surface area contributed by atoms with Crippen molar-refractivity contribution in [3.8, 4) is 0 Å². The van der Waals surface area contributed by atoms with Crippen LogP contribution in [0.1, 0.15) is 128 Å². The van der Waals surface area contributed by atoms with Crippen LogP contribution in [0.4, 0.5) is 0 Å².